The van der Waals surface area contributed by atoms with E-state index in [-0.39, 0.29) is 28.1 Å². The minimum Gasteiger partial charge on any atom is -0.380 e. The van der Waals surface area contributed by atoms with Gasteiger partial charge in [-0.05, 0) is 29.4 Å². The van der Waals surface area contributed by atoms with E-state index in [4.69, 9.17) is 18.9 Å². The fourth-order valence-electron chi connectivity index (χ4n) is 4.41. The second-order valence-corrected chi connectivity index (χ2v) is 12.0. The molecule has 1 saturated heterocycles. The molecule has 5 atom stereocenters. The van der Waals surface area contributed by atoms with Crippen LogP contribution in [-0.4, -0.2) is 47.1 Å². The average molecular weight is 539 g/mol. The van der Waals surface area contributed by atoms with E-state index in [9.17, 15) is 0 Å². The topological polar surface area (TPSA) is 36.9 Å². The van der Waals surface area contributed by atoms with Crippen LogP contribution in [-0.2, 0) is 38.8 Å². The Morgan fingerprint density at radius 3 is 1.54 bits per heavy atom. The molecular formula is C31H38O4S2. The van der Waals surface area contributed by atoms with Gasteiger partial charge in [-0.25, -0.2) is 0 Å². The molecule has 0 bridgehead atoms. The average Bonchev–Trinajstić information content (AvgIpc) is 2.95. The summed E-state index contributed by atoms with van der Waals surface area (Å²) in [5.74, 6) is 1.01. The van der Waals surface area contributed by atoms with E-state index in [0.717, 1.165) is 22.4 Å². The zero-order valence-corrected chi connectivity index (χ0v) is 23.4. The summed E-state index contributed by atoms with van der Waals surface area (Å²) in [6, 6.07) is 31.0. The lowest BCUT2D eigenvalue weighted by molar-refractivity contribution is -0.154. The van der Waals surface area contributed by atoms with Crippen LogP contribution >= 0.6 is 23.5 Å². The van der Waals surface area contributed by atoms with Crippen LogP contribution in [0.3, 0.4) is 0 Å². The van der Waals surface area contributed by atoms with Gasteiger partial charge in [0.2, 0.25) is 0 Å². The predicted octanol–water partition coefficient (Wildman–Crippen LogP) is 6.97. The van der Waals surface area contributed by atoms with Crippen LogP contribution in [0, 0.1) is 0 Å². The van der Waals surface area contributed by atoms with E-state index >= 15 is 0 Å². The second kappa shape index (κ2) is 15.6. The van der Waals surface area contributed by atoms with Crippen molar-refractivity contribution in [2.75, 3.05) is 19.0 Å². The van der Waals surface area contributed by atoms with Crippen molar-refractivity contribution >= 4 is 23.5 Å². The molecule has 0 radical (unpaired) electrons. The highest BCUT2D eigenvalue weighted by Gasteiger charge is 2.48. The first-order valence-electron chi connectivity index (χ1n) is 13.1. The first-order valence-corrected chi connectivity index (χ1v) is 15.1. The smallest absolute Gasteiger partial charge is 0.113 e. The van der Waals surface area contributed by atoms with E-state index < -0.39 is 0 Å². The van der Waals surface area contributed by atoms with Crippen molar-refractivity contribution in [1.29, 1.82) is 0 Å². The van der Waals surface area contributed by atoms with Gasteiger partial charge in [0, 0.05) is 6.61 Å². The molecule has 0 aromatic heterocycles. The van der Waals surface area contributed by atoms with Crippen LogP contribution in [0.25, 0.3) is 0 Å². The van der Waals surface area contributed by atoms with Crippen molar-refractivity contribution in [2.24, 2.45) is 0 Å². The first-order chi connectivity index (χ1) is 18.3. The monoisotopic (exact) mass is 538 g/mol. The molecule has 0 saturated carbocycles. The maximum absolute atomic E-state index is 6.73. The number of thioether (sulfide) groups is 2. The van der Waals surface area contributed by atoms with E-state index in [2.05, 4.69) is 79.7 Å². The molecule has 0 N–H and O–H groups in total. The Kier molecular flexibility index (Phi) is 11.9. The Balaban J connectivity index is 1.60. The lowest BCUT2D eigenvalue weighted by atomic mass is 10.0. The molecule has 1 heterocycles. The third-order valence-electron chi connectivity index (χ3n) is 6.26. The molecule has 37 heavy (non-hydrogen) atoms. The van der Waals surface area contributed by atoms with E-state index in [1.54, 1.807) is 0 Å². The van der Waals surface area contributed by atoms with Crippen molar-refractivity contribution in [2.45, 2.75) is 61.8 Å². The minimum atomic E-state index is -0.233. The van der Waals surface area contributed by atoms with Gasteiger partial charge in [0.25, 0.3) is 0 Å². The summed E-state index contributed by atoms with van der Waals surface area (Å²) in [7, 11) is 0. The Bertz CT molecular complexity index is 1010. The summed E-state index contributed by atoms with van der Waals surface area (Å²) in [5, 5.41) is 0.144. The van der Waals surface area contributed by atoms with E-state index in [1.807, 2.05) is 48.6 Å². The molecule has 3 aromatic carbocycles. The number of hydrogen-bond donors (Lipinski definition) is 0. The molecule has 1 aliphatic heterocycles. The molecule has 3 aromatic rings. The normalized spacial score (nSPS) is 23.7. The SMILES string of the molecule is CCOC[C@H]1S[C@@H](SCC)[C@H](OCc2ccccc2)[C@@H](OCc2ccccc2)[C@H]1OCc1ccccc1. The number of rotatable bonds is 14. The molecule has 0 aliphatic carbocycles. The van der Waals surface area contributed by atoms with Gasteiger partial charge < -0.3 is 18.9 Å². The summed E-state index contributed by atoms with van der Waals surface area (Å²) in [6.07, 6.45) is -0.532. The molecule has 1 fully saturated rings. The summed E-state index contributed by atoms with van der Waals surface area (Å²) < 4.78 is 26.3. The maximum atomic E-state index is 6.73. The largest absolute Gasteiger partial charge is 0.380 e. The molecule has 198 valence electrons. The molecule has 1 aliphatic rings. The molecule has 4 nitrogen and oxygen atoms in total. The molecule has 0 unspecified atom stereocenters. The minimum absolute atomic E-state index is 0.127. The van der Waals surface area contributed by atoms with Crippen LogP contribution in [0.1, 0.15) is 30.5 Å². The molecule has 6 heteroatoms. The summed E-state index contributed by atoms with van der Waals surface area (Å²) in [4.78, 5) is 0. The zero-order chi connectivity index (χ0) is 25.7. The second-order valence-electron chi connectivity index (χ2n) is 8.94. The molecule has 0 amide bonds. The summed E-state index contributed by atoms with van der Waals surface area (Å²) in [5.41, 5.74) is 3.45. The third-order valence-corrected chi connectivity index (χ3v) is 9.23. The molecule has 0 spiro atoms. The number of ether oxygens (including phenoxy) is 4. The highest BCUT2D eigenvalue weighted by molar-refractivity contribution is 8.17. The lowest BCUT2D eigenvalue weighted by Gasteiger charge is -2.45. The Morgan fingerprint density at radius 1 is 0.622 bits per heavy atom. The van der Waals surface area contributed by atoms with E-state index in [1.165, 1.54) is 0 Å². The highest BCUT2D eigenvalue weighted by Crippen LogP contribution is 2.43. The third kappa shape index (κ3) is 8.60. The quantitative estimate of drug-likeness (QED) is 0.221. The lowest BCUT2D eigenvalue weighted by Crippen LogP contribution is -2.56. The Hall–Kier alpha value is -1.80. The zero-order valence-electron chi connectivity index (χ0n) is 21.7. The Morgan fingerprint density at radius 2 is 1.08 bits per heavy atom. The molecule has 4 rings (SSSR count). The van der Waals surface area contributed by atoms with Crippen LogP contribution in [0.5, 0.6) is 0 Å². The van der Waals surface area contributed by atoms with E-state index in [0.29, 0.717) is 33.0 Å². The van der Waals surface area contributed by atoms with Crippen LogP contribution in [0.4, 0.5) is 0 Å². The number of benzene rings is 3. The fraction of sp³-hybridized carbons (Fsp3) is 0.419. The standard InChI is InChI=1S/C31H38O4S2/c1-3-32-23-27-28(33-20-24-14-8-5-9-15-24)29(34-21-25-16-10-6-11-17-25)30(31(37-27)36-4-2)35-22-26-18-12-7-13-19-26/h5-19,27-31H,3-4,20-23H2,1-2H3/t27-,28+,29+,30-,31-/m1/s1. The summed E-state index contributed by atoms with van der Waals surface area (Å²) in [6.45, 7) is 7.12. The van der Waals surface area contributed by atoms with Gasteiger partial charge in [-0.15, -0.1) is 23.5 Å². The van der Waals surface area contributed by atoms with Crippen molar-refractivity contribution in [3.05, 3.63) is 108 Å². The Labute approximate surface area is 230 Å². The molecular weight excluding hydrogens is 500 g/mol. The van der Waals surface area contributed by atoms with Gasteiger partial charge in [-0.3, -0.25) is 0 Å². The maximum Gasteiger partial charge on any atom is 0.113 e. The van der Waals surface area contributed by atoms with Crippen molar-refractivity contribution in [3.8, 4) is 0 Å². The van der Waals surface area contributed by atoms with Crippen molar-refractivity contribution in [3.63, 3.8) is 0 Å². The predicted molar refractivity (Wildman–Crippen MR) is 155 cm³/mol. The van der Waals surface area contributed by atoms with Gasteiger partial charge in [0.05, 0.1) is 36.3 Å². The van der Waals surface area contributed by atoms with Crippen LogP contribution in [0.2, 0.25) is 0 Å². The van der Waals surface area contributed by atoms with Gasteiger partial charge in [0.15, 0.2) is 0 Å². The van der Waals surface area contributed by atoms with Crippen molar-refractivity contribution in [1.82, 2.24) is 0 Å². The first kappa shape index (κ1) is 28.2. The van der Waals surface area contributed by atoms with Crippen molar-refractivity contribution < 1.29 is 18.9 Å². The van der Waals surface area contributed by atoms with Crippen LogP contribution < -0.4 is 0 Å². The number of hydrogen-bond acceptors (Lipinski definition) is 6. The van der Waals surface area contributed by atoms with Gasteiger partial charge in [-0.2, -0.15) is 0 Å². The van der Waals surface area contributed by atoms with Crippen LogP contribution in [0.15, 0.2) is 91.0 Å². The summed E-state index contributed by atoms with van der Waals surface area (Å²) >= 11 is 3.84. The van der Waals surface area contributed by atoms with Gasteiger partial charge >= 0.3 is 0 Å². The highest BCUT2D eigenvalue weighted by atomic mass is 32.2. The fourth-order valence-corrected chi connectivity index (χ4v) is 7.61. The van der Waals surface area contributed by atoms with Gasteiger partial charge in [0.1, 0.15) is 18.3 Å². The van der Waals surface area contributed by atoms with Gasteiger partial charge in [-0.1, -0.05) is 97.9 Å².